The van der Waals surface area contributed by atoms with E-state index in [1.807, 2.05) is 6.07 Å². The van der Waals surface area contributed by atoms with Gasteiger partial charge < -0.3 is 0 Å². The van der Waals surface area contributed by atoms with Crippen LogP contribution in [0.15, 0.2) is 60.7 Å². The van der Waals surface area contributed by atoms with Crippen LogP contribution in [0, 0.1) is 6.92 Å². The molecule has 2 heterocycles. The summed E-state index contributed by atoms with van der Waals surface area (Å²) in [6.07, 6.45) is 1.04. The molecule has 23 heavy (non-hydrogen) atoms. The molecule has 0 bridgehead atoms. The highest BCUT2D eigenvalue weighted by Gasteiger charge is 2.24. The van der Waals surface area contributed by atoms with Gasteiger partial charge in [-0.2, -0.15) is 5.10 Å². The fraction of sp³-hybridized carbons (Fsp3) is 0.250. The SMILES string of the molecule is Cc1cc(C2[N]CCc3ccccc32)nn1Cc1ccccc1. The standard InChI is InChI=1S/C20H20N3/c1-15-13-19(22-23(15)14-16-7-3-2-4-8-16)20-18-10-6-5-9-17(18)11-12-21-20/h2-10,13,20H,11-12,14H2,1H3. The number of aryl methyl sites for hydroxylation is 1. The van der Waals surface area contributed by atoms with E-state index in [4.69, 9.17) is 10.4 Å². The molecule has 3 nitrogen and oxygen atoms in total. The molecule has 4 rings (SSSR count). The Morgan fingerprint density at radius 1 is 1.04 bits per heavy atom. The van der Waals surface area contributed by atoms with Crippen LogP contribution in [-0.2, 0) is 13.0 Å². The van der Waals surface area contributed by atoms with Gasteiger partial charge in [-0.1, -0.05) is 54.6 Å². The van der Waals surface area contributed by atoms with Crippen molar-refractivity contribution < 1.29 is 0 Å². The lowest BCUT2D eigenvalue weighted by Crippen LogP contribution is -2.25. The first-order chi connectivity index (χ1) is 11.3. The van der Waals surface area contributed by atoms with Crippen LogP contribution in [0.4, 0.5) is 0 Å². The summed E-state index contributed by atoms with van der Waals surface area (Å²) in [5.41, 5.74) is 6.23. The highest BCUT2D eigenvalue weighted by atomic mass is 15.3. The third kappa shape index (κ3) is 2.80. The van der Waals surface area contributed by atoms with Crippen LogP contribution in [0.2, 0.25) is 0 Å². The highest BCUT2D eigenvalue weighted by Crippen LogP contribution is 2.29. The lowest BCUT2D eigenvalue weighted by molar-refractivity contribution is 0.532. The Kier molecular flexibility index (Phi) is 3.72. The molecule has 1 radical (unpaired) electrons. The largest absolute Gasteiger partial charge is 0.265 e. The predicted octanol–water partition coefficient (Wildman–Crippen LogP) is 3.49. The molecule has 1 aliphatic rings. The molecule has 3 heteroatoms. The normalized spacial score (nSPS) is 17.0. The van der Waals surface area contributed by atoms with E-state index in [0.717, 1.165) is 25.2 Å². The molecule has 115 valence electrons. The van der Waals surface area contributed by atoms with Crippen LogP contribution in [-0.4, -0.2) is 16.3 Å². The zero-order valence-corrected chi connectivity index (χ0v) is 13.3. The molecule has 0 spiro atoms. The van der Waals surface area contributed by atoms with Gasteiger partial charge in [-0.25, -0.2) is 5.32 Å². The van der Waals surface area contributed by atoms with E-state index in [1.54, 1.807) is 0 Å². The second kappa shape index (κ2) is 6.01. The zero-order chi connectivity index (χ0) is 15.6. The smallest absolute Gasteiger partial charge is 0.0938 e. The Bertz CT molecular complexity index is 805. The van der Waals surface area contributed by atoms with Gasteiger partial charge in [0.15, 0.2) is 0 Å². The van der Waals surface area contributed by atoms with Gasteiger partial charge in [-0.3, -0.25) is 4.68 Å². The number of aromatic nitrogens is 2. The molecule has 0 amide bonds. The minimum absolute atomic E-state index is 0.0793. The number of fused-ring (bicyclic) bond motifs is 1. The summed E-state index contributed by atoms with van der Waals surface area (Å²) in [5, 5.41) is 9.68. The molecule has 0 aliphatic carbocycles. The minimum Gasteiger partial charge on any atom is -0.265 e. The average Bonchev–Trinajstić information content (AvgIpc) is 2.96. The first kappa shape index (κ1) is 14.2. The molecule has 3 aromatic rings. The minimum atomic E-state index is 0.0793. The van der Waals surface area contributed by atoms with Crippen molar-refractivity contribution in [3.05, 3.63) is 88.7 Å². The molecule has 1 atom stereocenters. The molecular weight excluding hydrogens is 282 g/mol. The van der Waals surface area contributed by atoms with Crippen LogP contribution < -0.4 is 5.32 Å². The molecule has 1 aromatic heterocycles. The van der Waals surface area contributed by atoms with Crippen molar-refractivity contribution >= 4 is 0 Å². The zero-order valence-electron chi connectivity index (χ0n) is 13.3. The van der Waals surface area contributed by atoms with E-state index in [1.165, 1.54) is 22.4 Å². The molecule has 0 fully saturated rings. The van der Waals surface area contributed by atoms with Gasteiger partial charge in [0.05, 0.1) is 18.3 Å². The lowest BCUT2D eigenvalue weighted by Gasteiger charge is -2.23. The van der Waals surface area contributed by atoms with Crippen molar-refractivity contribution in [1.29, 1.82) is 0 Å². The van der Waals surface area contributed by atoms with E-state index in [-0.39, 0.29) is 6.04 Å². The molecule has 0 saturated carbocycles. The summed E-state index contributed by atoms with van der Waals surface area (Å²) >= 11 is 0. The molecular formula is C20H20N3. The Hall–Kier alpha value is -2.39. The number of benzene rings is 2. The van der Waals surface area contributed by atoms with Crippen molar-refractivity contribution in [2.45, 2.75) is 25.9 Å². The van der Waals surface area contributed by atoms with E-state index in [9.17, 15) is 0 Å². The predicted molar refractivity (Wildman–Crippen MR) is 91.5 cm³/mol. The van der Waals surface area contributed by atoms with Gasteiger partial charge in [0, 0.05) is 12.2 Å². The van der Waals surface area contributed by atoms with Crippen molar-refractivity contribution in [3.8, 4) is 0 Å². The van der Waals surface area contributed by atoms with E-state index >= 15 is 0 Å². The van der Waals surface area contributed by atoms with Crippen LogP contribution in [0.25, 0.3) is 0 Å². The summed E-state index contributed by atoms with van der Waals surface area (Å²) < 4.78 is 2.08. The Morgan fingerprint density at radius 2 is 1.83 bits per heavy atom. The fourth-order valence-electron chi connectivity index (χ4n) is 3.28. The molecule has 0 saturated heterocycles. The van der Waals surface area contributed by atoms with Gasteiger partial charge in [0.2, 0.25) is 0 Å². The lowest BCUT2D eigenvalue weighted by atomic mass is 9.92. The van der Waals surface area contributed by atoms with Gasteiger partial charge in [0.1, 0.15) is 0 Å². The summed E-state index contributed by atoms with van der Waals surface area (Å²) in [6.45, 7) is 3.81. The van der Waals surface area contributed by atoms with Gasteiger partial charge >= 0.3 is 0 Å². The molecule has 1 aliphatic heterocycles. The summed E-state index contributed by atoms with van der Waals surface area (Å²) in [7, 11) is 0. The van der Waals surface area contributed by atoms with Gasteiger partial charge in [-0.05, 0) is 36.1 Å². The summed E-state index contributed by atoms with van der Waals surface area (Å²) in [5.74, 6) is 0. The summed E-state index contributed by atoms with van der Waals surface area (Å²) in [4.78, 5) is 0. The first-order valence-electron chi connectivity index (χ1n) is 8.14. The maximum atomic E-state index is 4.85. The average molecular weight is 302 g/mol. The molecule has 0 N–H and O–H groups in total. The maximum absolute atomic E-state index is 4.85. The fourth-order valence-corrected chi connectivity index (χ4v) is 3.28. The molecule has 2 aromatic carbocycles. The van der Waals surface area contributed by atoms with Crippen LogP contribution in [0.3, 0.4) is 0 Å². The number of nitrogens with zero attached hydrogens (tertiary/aromatic N) is 3. The quantitative estimate of drug-likeness (QED) is 0.729. The Balaban J connectivity index is 1.65. The second-order valence-corrected chi connectivity index (χ2v) is 6.11. The van der Waals surface area contributed by atoms with Crippen LogP contribution >= 0.6 is 0 Å². The number of hydrogen-bond donors (Lipinski definition) is 0. The maximum Gasteiger partial charge on any atom is 0.0938 e. The van der Waals surface area contributed by atoms with Crippen LogP contribution in [0.5, 0.6) is 0 Å². The van der Waals surface area contributed by atoms with Gasteiger partial charge in [0.25, 0.3) is 0 Å². The third-order valence-electron chi connectivity index (χ3n) is 4.50. The highest BCUT2D eigenvalue weighted by molar-refractivity contribution is 5.37. The monoisotopic (exact) mass is 302 g/mol. The Labute approximate surface area is 137 Å². The molecule has 1 unspecified atom stereocenters. The van der Waals surface area contributed by atoms with E-state index in [0.29, 0.717) is 0 Å². The van der Waals surface area contributed by atoms with E-state index in [2.05, 4.69) is 66.2 Å². The second-order valence-electron chi connectivity index (χ2n) is 6.11. The van der Waals surface area contributed by atoms with Crippen molar-refractivity contribution in [2.24, 2.45) is 0 Å². The van der Waals surface area contributed by atoms with Gasteiger partial charge in [-0.15, -0.1) is 0 Å². The number of hydrogen-bond acceptors (Lipinski definition) is 1. The summed E-state index contributed by atoms with van der Waals surface area (Å²) in [6, 6.07) is 21.3. The number of rotatable bonds is 3. The van der Waals surface area contributed by atoms with Crippen molar-refractivity contribution in [1.82, 2.24) is 15.1 Å². The van der Waals surface area contributed by atoms with E-state index < -0.39 is 0 Å². The van der Waals surface area contributed by atoms with Crippen molar-refractivity contribution in [2.75, 3.05) is 6.54 Å². The first-order valence-corrected chi connectivity index (χ1v) is 8.14. The third-order valence-corrected chi connectivity index (χ3v) is 4.50. The Morgan fingerprint density at radius 3 is 2.70 bits per heavy atom. The van der Waals surface area contributed by atoms with Crippen molar-refractivity contribution in [3.63, 3.8) is 0 Å². The topological polar surface area (TPSA) is 31.9 Å². The van der Waals surface area contributed by atoms with Crippen LogP contribution in [0.1, 0.15) is 34.1 Å².